The summed E-state index contributed by atoms with van der Waals surface area (Å²) in [5, 5.41) is 9.00. The van der Waals surface area contributed by atoms with E-state index in [9.17, 15) is 0 Å². The van der Waals surface area contributed by atoms with Crippen LogP contribution in [-0.4, -0.2) is 9.55 Å². The number of imidazole rings is 1. The topological polar surface area (TPSA) is 41.6 Å². The van der Waals surface area contributed by atoms with E-state index in [-0.39, 0.29) is 6.04 Å². The minimum absolute atomic E-state index is 0.160. The van der Waals surface area contributed by atoms with Crippen LogP contribution in [-0.2, 0) is 12.8 Å². The highest BCUT2D eigenvalue weighted by atomic mass is 79.9. The lowest BCUT2D eigenvalue weighted by Gasteiger charge is -2.09. The molecule has 0 fully saturated rings. The lowest BCUT2D eigenvalue weighted by atomic mass is 10.2. The van der Waals surface area contributed by atoms with Crippen molar-refractivity contribution in [2.24, 2.45) is 0 Å². The van der Waals surface area contributed by atoms with Gasteiger partial charge >= 0.3 is 0 Å². The molecule has 1 atom stereocenters. The van der Waals surface area contributed by atoms with Gasteiger partial charge in [-0.2, -0.15) is 5.26 Å². The first-order valence-electron chi connectivity index (χ1n) is 5.80. The number of aryl methyl sites for hydroxylation is 2. The van der Waals surface area contributed by atoms with Crippen LogP contribution in [0, 0.1) is 11.3 Å². The predicted octanol–water partition coefficient (Wildman–Crippen LogP) is 3.64. The van der Waals surface area contributed by atoms with Gasteiger partial charge in [-0.25, -0.2) is 4.98 Å². The summed E-state index contributed by atoms with van der Waals surface area (Å²) in [4.78, 5) is 4.60. The zero-order chi connectivity index (χ0) is 12.1. The minimum Gasteiger partial charge on any atom is -0.306 e. The van der Waals surface area contributed by atoms with Crippen molar-refractivity contribution in [3.63, 3.8) is 0 Å². The van der Waals surface area contributed by atoms with E-state index in [1.165, 1.54) is 0 Å². The van der Waals surface area contributed by atoms with E-state index in [1.807, 2.05) is 11.5 Å². The van der Waals surface area contributed by atoms with Gasteiger partial charge in [0, 0.05) is 6.42 Å². The number of rotatable bonds is 5. The van der Waals surface area contributed by atoms with Gasteiger partial charge in [0.2, 0.25) is 0 Å². The molecular weight excluding hydrogens is 266 g/mol. The monoisotopic (exact) mass is 283 g/mol. The summed E-state index contributed by atoms with van der Waals surface area (Å²) in [5.41, 5.74) is 1.08. The Labute approximate surface area is 106 Å². The molecule has 0 N–H and O–H groups in total. The third-order valence-corrected chi connectivity index (χ3v) is 3.49. The van der Waals surface area contributed by atoms with Crippen molar-refractivity contribution in [1.82, 2.24) is 9.55 Å². The second kappa shape index (κ2) is 6.05. The van der Waals surface area contributed by atoms with Crippen molar-refractivity contribution in [1.29, 1.82) is 5.26 Å². The van der Waals surface area contributed by atoms with Crippen LogP contribution in [0.25, 0.3) is 0 Å². The highest BCUT2D eigenvalue weighted by Gasteiger charge is 2.17. The standard InChI is InChI=1S/C12H18BrN3/c1-4-6-7-10-12(13)16(9(3)8-14)11(5-2)15-10/h9H,4-7H2,1-3H3. The minimum atomic E-state index is -0.160. The molecule has 0 aliphatic heterocycles. The van der Waals surface area contributed by atoms with Crippen molar-refractivity contribution in [2.75, 3.05) is 0 Å². The van der Waals surface area contributed by atoms with Crippen molar-refractivity contribution >= 4 is 15.9 Å². The van der Waals surface area contributed by atoms with E-state index in [0.717, 1.165) is 41.8 Å². The first-order valence-corrected chi connectivity index (χ1v) is 6.60. The fourth-order valence-electron chi connectivity index (χ4n) is 1.71. The second-order valence-electron chi connectivity index (χ2n) is 3.90. The fourth-order valence-corrected chi connectivity index (χ4v) is 2.51. The Bertz CT molecular complexity index is 390. The van der Waals surface area contributed by atoms with Crippen LogP contribution in [0.15, 0.2) is 4.60 Å². The summed E-state index contributed by atoms with van der Waals surface area (Å²) >= 11 is 3.56. The molecule has 1 unspecified atom stereocenters. The molecule has 1 heterocycles. The Balaban J connectivity index is 3.07. The maximum absolute atomic E-state index is 9.00. The van der Waals surface area contributed by atoms with Crippen LogP contribution in [0.1, 0.15) is 51.2 Å². The highest BCUT2D eigenvalue weighted by Crippen LogP contribution is 2.25. The van der Waals surface area contributed by atoms with Gasteiger partial charge in [-0.3, -0.25) is 0 Å². The van der Waals surface area contributed by atoms with E-state index in [0.29, 0.717) is 0 Å². The summed E-state index contributed by atoms with van der Waals surface area (Å²) in [6.45, 7) is 6.14. The lowest BCUT2D eigenvalue weighted by Crippen LogP contribution is -2.07. The zero-order valence-corrected chi connectivity index (χ0v) is 11.7. The summed E-state index contributed by atoms with van der Waals surface area (Å²) in [5.74, 6) is 0.993. The van der Waals surface area contributed by atoms with E-state index in [2.05, 4.69) is 40.8 Å². The Morgan fingerprint density at radius 1 is 1.50 bits per heavy atom. The average molecular weight is 284 g/mol. The molecular formula is C12H18BrN3. The zero-order valence-electron chi connectivity index (χ0n) is 10.1. The molecule has 0 amide bonds. The molecule has 0 saturated heterocycles. The summed E-state index contributed by atoms with van der Waals surface area (Å²) < 4.78 is 2.97. The van der Waals surface area contributed by atoms with Gasteiger partial charge < -0.3 is 4.57 Å². The van der Waals surface area contributed by atoms with Crippen molar-refractivity contribution in [3.05, 3.63) is 16.1 Å². The molecule has 0 saturated carbocycles. The van der Waals surface area contributed by atoms with Gasteiger partial charge in [-0.1, -0.05) is 20.3 Å². The average Bonchev–Trinajstić information content (AvgIpc) is 2.62. The molecule has 4 heteroatoms. The Kier molecular flexibility index (Phi) is 5.01. The Morgan fingerprint density at radius 2 is 2.19 bits per heavy atom. The number of nitriles is 1. The molecule has 1 aromatic rings. The molecule has 1 aromatic heterocycles. The van der Waals surface area contributed by atoms with E-state index >= 15 is 0 Å². The molecule has 0 aliphatic rings. The highest BCUT2D eigenvalue weighted by molar-refractivity contribution is 9.10. The predicted molar refractivity (Wildman–Crippen MR) is 68.2 cm³/mol. The molecule has 0 spiro atoms. The molecule has 16 heavy (non-hydrogen) atoms. The SMILES string of the molecule is CCCCc1nc(CC)n(C(C)C#N)c1Br. The quantitative estimate of drug-likeness (QED) is 0.828. The van der Waals surface area contributed by atoms with E-state index < -0.39 is 0 Å². The van der Waals surface area contributed by atoms with Gasteiger partial charge in [-0.05, 0) is 35.7 Å². The summed E-state index contributed by atoms with van der Waals surface area (Å²) in [6.07, 6.45) is 4.14. The first-order chi connectivity index (χ1) is 7.65. The normalized spacial score (nSPS) is 12.4. The van der Waals surface area contributed by atoms with Gasteiger partial charge in [0.15, 0.2) is 0 Å². The summed E-state index contributed by atoms with van der Waals surface area (Å²) in [6, 6.07) is 2.10. The molecule has 0 bridgehead atoms. The van der Waals surface area contributed by atoms with E-state index in [4.69, 9.17) is 5.26 Å². The largest absolute Gasteiger partial charge is 0.306 e. The number of hydrogen-bond donors (Lipinski definition) is 0. The smallest absolute Gasteiger partial charge is 0.120 e. The fraction of sp³-hybridized carbons (Fsp3) is 0.667. The molecule has 0 radical (unpaired) electrons. The van der Waals surface area contributed by atoms with Crippen LogP contribution in [0.4, 0.5) is 0 Å². The molecule has 0 aliphatic carbocycles. The third kappa shape index (κ3) is 2.65. The van der Waals surface area contributed by atoms with Crippen molar-refractivity contribution in [2.45, 2.75) is 52.5 Å². The van der Waals surface area contributed by atoms with Crippen molar-refractivity contribution < 1.29 is 0 Å². The van der Waals surface area contributed by atoms with Gasteiger partial charge in [0.05, 0.1) is 11.8 Å². The molecule has 3 nitrogen and oxygen atoms in total. The number of halogens is 1. The molecule has 0 aromatic carbocycles. The van der Waals surface area contributed by atoms with E-state index in [1.54, 1.807) is 0 Å². The maximum atomic E-state index is 9.00. The van der Waals surface area contributed by atoms with Gasteiger partial charge in [0.25, 0.3) is 0 Å². The van der Waals surface area contributed by atoms with Crippen LogP contribution in [0.3, 0.4) is 0 Å². The molecule has 1 rings (SSSR count). The Morgan fingerprint density at radius 3 is 2.69 bits per heavy atom. The van der Waals surface area contributed by atoms with Crippen LogP contribution < -0.4 is 0 Å². The molecule has 88 valence electrons. The summed E-state index contributed by atoms with van der Waals surface area (Å²) in [7, 11) is 0. The van der Waals surface area contributed by atoms with Crippen molar-refractivity contribution in [3.8, 4) is 6.07 Å². The van der Waals surface area contributed by atoms with Crippen LogP contribution in [0.5, 0.6) is 0 Å². The number of aromatic nitrogens is 2. The first kappa shape index (κ1) is 13.2. The number of hydrogen-bond acceptors (Lipinski definition) is 2. The second-order valence-corrected chi connectivity index (χ2v) is 4.65. The number of unbranched alkanes of at least 4 members (excludes halogenated alkanes) is 1. The van der Waals surface area contributed by atoms with Crippen LogP contribution >= 0.6 is 15.9 Å². The van der Waals surface area contributed by atoms with Gasteiger partial charge in [0.1, 0.15) is 16.5 Å². The number of nitrogens with zero attached hydrogens (tertiary/aromatic N) is 3. The van der Waals surface area contributed by atoms with Crippen LogP contribution in [0.2, 0.25) is 0 Å². The maximum Gasteiger partial charge on any atom is 0.120 e. The van der Waals surface area contributed by atoms with Gasteiger partial charge in [-0.15, -0.1) is 0 Å². The third-order valence-electron chi connectivity index (χ3n) is 2.65. The lowest BCUT2D eigenvalue weighted by molar-refractivity contribution is 0.622. The Hall–Kier alpha value is -0.820.